The lowest BCUT2D eigenvalue weighted by atomic mass is 10.3. The van der Waals surface area contributed by atoms with E-state index >= 15 is 0 Å². The molecule has 0 aliphatic rings. The summed E-state index contributed by atoms with van der Waals surface area (Å²) in [5, 5.41) is 8.32. The fourth-order valence-corrected chi connectivity index (χ4v) is 0.807. The molecular formula is C7H11IO. The smallest absolute Gasteiger partial charge is 0.0612 e. The summed E-state index contributed by atoms with van der Waals surface area (Å²) >= 11 is 2.19. The lowest BCUT2D eigenvalue weighted by Gasteiger charge is -1.82. The minimum Gasteiger partial charge on any atom is -0.392 e. The Balaban J connectivity index is 2.99. The van der Waals surface area contributed by atoms with E-state index in [0.29, 0.717) is 0 Å². The van der Waals surface area contributed by atoms with Gasteiger partial charge in [0.1, 0.15) is 0 Å². The number of hydrogen-bond donors (Lipinski definition) is 1. The van der Waals surface area contributed by atoms with Crippen LogP contribution in [0.2, 0.25) is 0 Å². The third-order valence-corrected chi connectivity index (χ3v) is 1.37. The first-order chi connectivity index (χ1) is 4.41. The molecule has 52 valence electrons. The molecule has 0 aliphatic heterocycles. The lowest BCUT2D eigenvalue weighted by Crippen LogP contribution is -1.70. The molecule has 2 heteroatoms. The summed E-state index contributed by atoms with van der Waals surface area (Å²) in [6.07, 6.45) is 7.94. The van der Waals surface area contributed by atoms with E-state index in [1.54, 1.807) is 6.08 Å². The monoisotopic (exact) mass is 238 g/mol. The van der Waals surface area contributed by atoms with Gasteiger partial charge < -0.3 is 5.11 Å². The molecule has 0 saturated carbocycles. The average Bonchev–Trinajstić information content (AvgIpc) is 1.89. The predicted octanol–water partition coefficient (Wildman–Crippen LogP) is 2.26. The highest BCUT2D eigenvalue weighted by molar-refractivity contribution is 14.1. The zero-order chi connectivity index (χ0) is 6.95. The zero-order valence-electron chi connectivity index (χ0n) is 5.26. The van der Waals surface area contributed by atoms with Crippen LogP contribution < -0.4 is 0 Å². The molecule has 9 heavy (non-hydrogen) atoms. The SMILES string of the molecule is OC/C=C/CC/C=C\I. The first-order valence-electron chi connectivity index (χ1n) is 2.93. The van der Waals surface area contributed by atoms with E-state index in [1.807, 2.05) is 10.2 Å². The molecule has 0 amide bonds. The molecule has 0 unspecified atom stereocenters. The molecule has 0 aromatic heterocycles. The molecule has 0 aromatic carbocycles. The van der Waals surface area contributed by atoms with Gasteiger partial charge >= 0.3 is 0 Å². The van der Waals surface area contributed by atoms with Gasteiger partial charge in [0.05, 0.1) is 6.61 Å². The second-order valence-electron chi connectivity index (χ2n) is 1.59. The van der Waals surface area contributed by atoms with Gasteiger partial charge in [-0.25, -0.2) is 0 Å². The molecular weight excluding hydrogens is 227 g/mol. The Labute approximate surface area is 69.6 Å². The Hall–Kier alpha value is 0.170. The van der Waals surface area contributed by atoms with E-state index in [2.05, 4.69) is 28.7 Å². The first kappa shape index (κ1) is 9.17. The second-order valence-corrected chi connectivity index (χ2v) is 2.31. The standard InChI is InChI=1S/C7H11IO/c8-6-4-2-1-3-5-7-9/h3-6,9H,1-2,7H2/b5-3+,6-4-. The number of allylic oxidation sites excluding steroid dienone is 2. The van der Waals surface area contributed by atoms with Crippen molar-refractivity contribution in [3.05, 3.63) is 22.3 Å². The molecule has 0 radical (unpaired) electrons. The van der Waals surface area contributed by atoms with Crippen molar-refractivity contribution in [2.45, 2.75) is 12.8 Å². The van der Waals surface area contributed by atoms with E-state index in [9.17, 15) is 0 Å². The molecule has 0 fully saturated rings. The Bertz CT molecular complexity index is 97.1. The van der Waals surface area contributed by atoms with Crippen molar-refractivity contribution in [2.24, 2.45) is 0 Å². The van der Waals surface area contributed by atoms with Crippen molar-refractivity contribution < 1.29 is 5.11 Å². The van der Waals surface area contributed by atoms with Crippen LogP contribution in [0.5, 0.6) is 0 Å². The fourth-order valence-electron chi connectivity index (χ4n) is 0.448. The van der Waals surface area contributed by atoms with Crippen LogP contribution in [0, 0.1) is 0 Å². The van der Waals surface area contributed by atoms with Gasteiger partial charge in [-0.15, -0.1) is 0 Å². The van der Waals surface area contributed by atoms with Gasteiger partial charge in [0.15, 0.2) is 0 Å². The van der Waals surface area contributed by atoms with E-state index in [4.69, 9.17) is 5.11 Å². The van der Waals surface area contributed by atoms with E-state index in [0.717, 1.165) is 12.8 Å². The van der Waals surface area contributed by atoms with Gasteiger partial charge in [-0.3, -0.25) is 0 Å². The molecule has 0 rings (SSSR count). The molecule has 1 N–H and O–H groups in total. The topological polar surface area (TPSA) is 20.2 Å². The summed E-state index contributed by atoms with van der Waals surface area (Å²) in [4.78, 5) is 0. The maximum atomic E-state index is 8.32. The number of unbranched alkanes of at least 4 members (excludes halogenated alkanes) is 1. The Morgan fingerprint density at radius 1 is 1.11 bits per heavy atom. The highest BCUT2D eigenvalue weighted by atomic mass is 127. The van der Waals surface area contributed by atoms with Gasteiger partial charge in [0.25, 0.3) is 0 Å². The number of aliphatic hydroxyl groups excluding tert-OH is 1. The summed E-state index contributed by atoms with van der Waals surface area (Å²) in [6, 6.07) is 0. The second kappa shape index (κ2) is 8.17. The molecule has 1 nitrogen and oxygen atoms in total. The summed E-state index contributed by atoms with van der Waals surface area (Å²) in [5.74, 6) is 0. The Kier molecular flexibility index (Phi) is 8.32. The van der Waals surface area contributed by atoms with Crippen molar-refractivity contribution in [2.75, 3.05) is 6.61 Å². The zero-order valence-corrected chi connectivity index (χ0v) is 7.41. The van der Waals surface area contributed by atoms with E-state index in [-0.39, 0.29) is 6.61 Å². The van der Waals surface area contributed by atoms with Gasteiger partial charge in [-0.05, 0) is 16.9 Å². The van der Waals surface area contributed by atoms with Crippen LogP contribution >= 0.6 is 22.6 Å². The number of aliphatic hydroxyl groups is 1. The molecule has 0 atom stereocenters. The third kappa shape index (κ3) is 8.17. The third-order valence-electron chi connectivity index (χ3n) is 0.861. The van der Waals surface area contributed by atoms with Crippen LogP contribution in [0.15, 0.2) is 22.3 Å². The molecule has 0 saturated heterocycles. The highest BCUT2D eigenvalue weighted by Gasteiger charge is 1.73. The fraction of sp³-hybridized carbons (Fsp3) is 0.429. The van der Waals surface area contributed by atoms with Crippen molar-refractivity contribution in [1.82, 2.24) is 0 Å². The van der Waals surface area contributed by atoms with Crippen molar-refractivity contribution in [3.8, 4) is 0 Å². The quantitative estimate of drug-likeness (QED) is 0.452. The summed E-state index contributed by atoms with van der Waals surface area (Å²) < 4.78 is 2.00. The summed E-state index contributed by atoms with van der Waals surface area (Å²) in [5.41, 5.74) is 0. The van der Waals surface area contributed by atoms with Crippen molar-refractivity contribution >= 4 is 22.6 Å². The molecule has 0 spiro atoms. The van der Waals surface area contributed by atoms with Crippen molar-refractivity contribution in [1.29, 1.82) is 0 Å². The van der Waals surface area contributed by atoms with Gasteiger partial charge in [-0.1, -0.05) is 40.8 Å². The molecule has 0 bridgehead atoms. The van der Waals surface area contributed by atoms with E-state index in [1.165, 1.54) is 0 Å². The van der Waals surface area contributed by atoms with Crippen LogP contribution in [0.3, 0.4) is 0 Å². The lowest BCUT2D eigenvalue weighted by molar-refractivity contribution is 0.342. The largest absolute Gasteiger partial charge is 0.392 e. The molecule has 0 aromatic rings. The van der Waals surface area contributed by atoms with Crippen molar-refractivity contribution in [3.63, 3.8) is 0 Å². The van der Waals surface area contributed by atoms with Gasteiger partial charge in [-0.2, -0.15) is 0 Å². The summed E-state index contributed by atoms with van der Waals surface area (Å²) in [7, 11) is 0. The average molecular weight is 238 g/mol. The number of halogens is 1. The Morgan fingerprint density at radius 3 is 2.33 bits per heavy atom. The van der Waals surface area contributed by atoms with Crippen LogP contribution in [0.4, 0.5) is 0 Å². The van der Waals surface area contributed by atoms with Crippen LogP contribution in [0.1, 0.15) is 12.8 Å². The maximum Gasteiger partial charge on any atom is 0.0612 e. The van der Waals surface area contributed by atoms with Crippen LogP contribution in [-0.4, -0.2) is 11.7 Å². The first-order valence-corrected chi connectivity index (χ1v) is 4.17. The number of rotatable bonds is 4. The minimum atomic E-state index is 0.161. The normalized spacial score (nSPS) is 11.8. The van der Waals surface area contributed by atoms with Crippen LogP contribution in [0.25, 0.3) is 0 Å². The predicted molar refractivity (Wildman–Crippen MR) is 48.6 cm³/mol. The Morgan fingerprint density at radius 2 is 1.78 bits per heavy atom. The highest BCUT2D eigenvalue weighted by Crippen LogP contribution is 1.94. The van der Waals surface area contributed by atoms with E-state index < -0.39 is 0 Å². The van der Waals surface area contributed by atoms with Crippen LogP contribution in [-0.2, 0) is 0 Å². The summed E-state index contributed by atoms with van der Waals surface area (Å²) in [6.45, 7) is 0.161. The maximum absolute atomic E-state index is 8.32. The molecule has 0 heterocycles. The molecule has 0 aliphatic carbocycles. The van der Waals surface area contributed by atoms with Gasteiger partial charge in [0, 0.05) is 0 Å². The minimum absolute atomic E-state index is 0.161. The van der Waals surface area contributed by atoms with Gasteiger partial charge in [0.2, 0.25) is 0 Å². The number of hydrogen-bond acceptors (Lipinski definition) is 1.